The van der Waals surface area contributed by atoms with Crippen LogP contribution in [0.1, 0.15) is 0 Å². The van der Waals surface area contributed by atoms with Gasteiger partial charge in [-0.05, 0) is 24.3 Å². The minimum Gasteiger partial charge on any atom is -0.497 e. The van der Waals surface area contributed by atoms with Gasteiger partial charge in [-0.2, -0.15) is 4.98 Å². The molecule has 8 nitrogen and oxygen atoms in total. The van der Waals surface area contributed by atoms with Gasteiger partial charge in [0.2, 0.25) is 5.88 Å². The Hall–Kier alpha value is -2.87. The molecule has 1 heterocycles. The number of anilines is 1. The number of nitrogens with two attached hydrogens (primary N) is 1. The molecule has 0 bridgehead atoms. The van der Waals surface area contributed by atoms with Crippen molar-refractivity contribution in [3.63, 3.8) is 0 Å². The van der Waals surface area contributed by atoms with Crippen LogP contribution in [0.5, 0.6) is 17.4 Å². The van der Waals surface area contributed by atoms with E-state index >= 15 is 0 Å². The van der Waals surface area contributed by atoms with Crippen LogP contribution >= 0.6 is 0 Å². The zero-order valence-electron chi connectivity index (χ0n) is 10.6. The Labute approximate surface area is 114 Å². The summed E-state index contributed by atoms with van der Waals surface area (Å²) in [6.45, 7) is 0. The van der Waals surface area contributed by atoms with E-state index in [1.807, 2.05) is 0 Å². The smallest absolute Gasteiger partial charge is 0.278 e. The van der Waals surface area contributed by atoms with E-state index in [4.69, 9.17) is 15.3 Å². The third-order valence-electron chi connectivity index (χ3n) is 2.43. The van der Waals surface area contributed by atoms with E-state index in [-0.39, 0.29) is 17.4 Å². The molecule has 0 atom stereocenters. The third kappa shape index (κ3) is 3.12. The Morgan fingerprint density at radius 3 is 2.45 bits per heavy atom. The average Bonchev–Trinajstić information content (AvgIpc) is 2.47. The van der Waals surface area contributed by atoms with Gasteiger partial charge >= 0.3 is 0 Å². The van der Waals surface area contributed by atoms with Gasteiger partial charge in [-0.15, -0.1) is 0 Å². The highest BCUT2D eigenvalue weighted by molar-refractivity contribution is 5.48. The van der Waals surface area contributed by atoms with Crippen molar-refractivity contribution in [2.75, 3.05) is 12.5 Å². The summed E-state index contributed by atoms with van der Waals surface area (Å²) in [4.78, 5) is 14.2. The summed E-state index contributed by atoms with van der Waals surface area (Å²) < 4.78 is 10.5. The number of methoxy groups -OCH3 is 1. The standard InChI is InChI=1S/C12H12N4O4/c1-19-9-2-4-10(5-3-9)20-12-7-8(16(17)18)6-11(14-12)15-13/h2-7H,13H2,1H3,(H,14,15). The molecular weight excluding hydrogens is 264 g/mol. The van der Waals surface area contributed by atoms with Crippen LogP contribution in [0.3, 0.4) is 0 Å². The van der Waals surface area contributed by atoms with Gasteiger partial charge in [0.1, 0.15) is 11.5 Å². The van der Waals surface area contributed by atoms with Crippen molar-refractivity contribution in [1.29, 1.82) is 0 Å². The molecule has 2 aromatic rings. The van der Waals surface area contributed by atoms with E-state index in [1.54, 1.807) is 31.4 Å². The van der Waals surface area contributed by atoms with Crippen molar-refractivity contribution in [3.8, 4) is 17.4 Å². The van der Waals surface area contributed by atoms with E-state index in [0.29, 0.717) is 11.5 Å². The Balaban J connectivity index is 2.27. The number of nitrogens with one attached hydrogen (secondary N) is 1. The molecule has 0 fully saturated rings. The Bertz CT molecular complexity index is 615. The average molecular weight is 276 g/mol. The van der Waals surface area contributed by atoms with Gasteiger partial charge in [-0.1, -0.05) is 0 Å². The minimum absolute atomic E-state index is 0.0670. The third-order valence-corrected chi connectivity index (χ3v) is 2.43. The van der Waals surface area contributed by atoms with Crippen molar-refractivity contribution in [2.24, 2.45) is 5.84 Å². The van der Waals surface area contributed by atoms with Crippen LogP contribution in [0.25, 0.3) is 0 Å². The predicted octanol–water partition coefficient (Wildman–Crippen LogP) is 2.08. The van der Waals surface area contributed by atoms with E-state index in [9.17, 15) is 10.1 Å². The molecule has 1 aromatic heterocycles. The first-order valence-electron chi connectivity index (χ1n) is 5.57. The van der Waals surface area contributed by atoms with Crippen LogP contribution in [-0.4, -0.2) is 17.0 Å². The molecule has 0 aliphatic carbocycles. The molecular formula is C12H12N4O4. The number of pyridine rings is 1. The van der Waals surface area contributed by atoms with Crippen LogP contribution < -0.4 is 20.7 Å². The number of hydrogen-bond donors (Lipinski definition) is 2. The minimum atomic E-state index is -0.552. The fourth-order valence-electron chi connectivity index (χ4n) is 1.49. The van der Waals surface area contributed by atoms with Crippen molar-refractivity contribution >= 4 is 11.5 Å². The molecule has 104 valence electrons. The van der Waals surface area contributed by atoms with Crippen LogP contribution in [-0.2, 0) is 0 Å². The number of hydrogen-bond acceptors (Lipinski definition) is 7. The molecule has 8 heteroatoms. The summed E-state index contributed by atoms with van der Waals surface area (Å²) in [6, 6.07) is 9.15. The summed E-state index contributed by atoms with van der Waals surface area (Å²) in [6.07, 6.45) is 0. The molecule has 0 amide bonds. The number of benzene rings is 1. The van der Waals surface area contributed by atoms with Crippen molar-refractivity contribution in [1.82, 2.24) is 4.98 Å². The lowest BCUT2D eigenvalue weighted by Crippen LogP contribution is -2.09. The molecule has 0 unspecified atom stereocenters. The van der Waals surface area contributed by atoms with E-state index in [1.165, 1.54) is 12.1 Å². The second-order valence-electron chi connectivity index (χ2n) is 3.73. The number of rotatable bonds is 5. The zero-order valence-corrected chi connectivity index (χ0v) is 10.6. The zero-order chi connectivity index (χ0) is 14.5. The Morgan fingerprint density at radius 2 is 1.90 bits per heavy atom. The normalized spacial score (nSPS) is 9.90. The summed E-state index contributed by atoms with van der Waals surface area (Å²) >= 11 is 0. The van der Waals surface area contributed by atoms with Crippen molar-refractivity contribution < 1.29 is 14.4 Å². The van der Waals surface area contributed by atoms with Gasteiger partial charge < -0.3 is 14.9 Å². The van der Waals surface area contributed by atoms with Gasteiger partial charge in [0.15, 0.2) is 5.82 Å². The molecule has 0 radical (unpaired) electrons. The molecule has 1 aromatic carbocycles. The Kier molecular flexibility index (Phi) is 3.96. The largest absolute Gasteiger partial charge is 0.497 e. The topological polar surface area (TPSA) is 113 Å². The first kappa shape index (κ1) is 13.6. The lowest BCUT2D eigenvalue weighted by atomic mass is 10.3. The maximum Gasteiger partial charge on any atom is 0.278 e. The van der Waals surface area contributed by atoms with Gasteiger partial charge in [-0.3, -0.25) is 10.1 Å². The second-order valence-corrected chi connectivity index (χ2v) is 3.73. The molecule has 0 spiro atoms. The monoisotopic (exact) mass is 276 g/mol. The van der Waals surface area contributed by atoms with Crippen molar-refractivity contribution in [3.05, 3.63) is 46.5 Å². The van der Waals surface area contributed by atoms with Crippen LogP contribution in [0.2, 0.25) is 0 Å². The van der Waals surface area contributed by atoms with Crippen LogP contribution in [0.4, 0.5) is 11.5 Å². The van der Waals surface area contributed by atoms with E-state index in [0.717, 1.165) is 0 Å². The number of aromatic nitrogens is 1. The van der Waals surface area contributed by atoms with Crippen LogP contribution in [0.15, 0.2) is 36.4 Å². The number of nitrogen functional groups attached to an aromatic ring is 1. The van der Waals surface area contributed by atoms with E-state index in [2.05, 4.69) is 10.4 Å². The van der Waals surface area contributed by atoms with Gasteiger partial charge in [0, 0.05) is 0 Å². The number of hydrazine groups is 1. The fraction of sp³-hybridized carbons (Fsp3) is 0.0833. The van der Waals surface area contributed by atoms with Crippen molar-refractivity contribution in [2.45, 2.75) is 0 Å². The molecule has 20 heavy (non-hydrogen) atoms. The maximum atomic E-state index is 10.8. The molecule has 0 saturated heterocycles. The van der Waals surface area contributed by atoms with Gasteiger partial charge in [0.05, 0.1) is 24.2 Å². The SMILES string of the molecule is COc1ccc(Oc2cc([N+](=O)[O-])cc(NN)n2)cc1. The fourth-order valence-corrected chi connectivity index (χ4v) is 1.49. The molecule has 0 aliphatic heterocycles. The first-order chi connectivity index (χ1) is 9.62. The molecule has 2 rings (SSSR count). The summed E-state index contributed by atoms with van der Waals surface area (Å²) in [5.41, 5.74) is 2.08. The highest BCUT2D eigenvalue weighted by Gasteiger charge is 2.12. The number of nitrogens with zero attached hydrogens (tertiary/aromatic N) is 2. The predicted molar refractivity (Wildman–Crippen MR) is 71.8 cm³/mol. The summed E-state index contributed by atoms with van der Waals surface area (Å²) in [7, 11) is 1.55. The van der Waals surface area contributed by atoms with Crippen LogP contribution in [0, 0.1) is 10.1 Å². The summed E-state index contributed by atoms with van der Waals surface area (Å²) in [5, 5.41) is 10.8. The van der Waals surface area contributed by atoms with Gasteiger partial charge in [0.25, 0.3) is 5.69 Å². The number of ether oxygens (including phenoxy) is 2. The molecule has 0 aliphatic rings. The number of nitro groups is 1. The quantitative estimate of drug-likeness (QED) is 0.488. The maximum absolute atomic E-state index is 10.8. The summed E-state index contributed by atoms with van der Waals surface area (Å²) in [5.74, 6) is 6.57. The first-order valence-corrected chi connectivity index (χ1v) is 5.57. The Morgan fingerprint density at radius 1 is 1.25 bits per heavy atom. The lowest BCUT2D eigenvalue weighted by Gasteiger charge is -2.07. The highest BCUT2D eigenvalue weighted by atomic mass is 16.6. The molecule has 3 N–H and O–H groups in total. The molecule has 0 saturated carbocycles. The van der Waals surface area contributed by atoms with E-state index < -0.39 is 4.92 Å². The lowest BCUT2D eigenvalue weighted by molar-refractivity contribution is -0.384. The van der Waals surface area contributed by atoms with Gasteiger partial charge in [-0.25, -0.2) is 5.84 Å². The highest BCUT2D eigenvalue weighted by Crippen LogP contribution is 2.27. The second kappa shape index (κ2) is 5.85.